The van der Waals surface area contributed by atoms with Crippen molar-refractivity contribution in [2.45, 2.75) is 0 Å². The van der Waals surface area contributed by atoms with Crippen molar-refractivity contribution in [2.75, 3.05) is 0 Å². The maximum atomic E-state index is 10.5. The Balaban J connectivity index is 1.86. The average Bonchev–Trinajstić information content (AvgIpc) is 3.02. The molecule has 0 N–H and O–H groups in total. The second kappa shape index (κ2) is 4.66. The third-order valence-corrected chi connectivity index (χ3v) is 3.49. The molecule has 19 heavy (non-hydrogen) atoms. The lowest BCUT2D eigenvalue weighted by molar-refractivity contribution is -0.402. The lowest BCUT2D eigenvalue weighted by atomic mass is 10.3. The molecule has 0 radical (unpaired) electrons. The van der Waals surface area contributed by atoms with Crippen LogP contribution in [-0.2, 0) is 0 Å². The van der Waals surface area contributed by atoms with Gasteiger partial charge in [-0.1, -0.05) is 12.1 Å². The number of hydrogen-bond donors (Lipinski definition) is 0. The number of hydrogen-bond acceptors (Lipinski definition) is 5. The fourth-order valence-electron chi connectivity index (χ4n) is 1.64. The Hall–Kier alpha value is -2.47. The van der Waals surface area contributed by atoms with Crippen molar-refractivity contribution in [1.82, 2.24) is 4.98 Å². The Morgan fingerprint density at radius 2 is 2.05 bits per heavy atom. The van der Waals surface area contributed by atoms with Crippen LogP contribution < -0.4 is 0 Å². The molecule has 0 bridgehead atoms. The summed E-state index contributed by atoms with van der Waals surface area (Å²) in [6, 6.07) is 10.7. The molecule has 0 aliphatic rings. The van der Waals surface area contributed by atoms with Gasteiger partial charge in [-0.15, -0.1) is 11.3 Å². The third kappa shape index (κ3) is 2.38. The molecule has 2 aromatic heterocycles. The predicted molar refractivity (Wildman–Crippen MR) is 73.9 cm³/mol. The Morgan fingerprint density at radius 1 is 1.21 bits per heavy atom. The van der Waals surface area contributed by atoms with Crippen LogP contribution in [0, 0.1) is 10.1 Å². The molecule has 6 heteroatoms. The van der Waals surface area contributed by atoms with E-state index in [9.17, 15) is 10.1 Å². The molecular weight excluding hydrogens is 264 g/mol. The minimum Gasteiger partial charge on any atom is -0.401 e. The van der Waals surface area contributed by atoms with Gasteiger partial charge in [0.05, 0.1) is 16.3 Å². The minimum atomic E-state index is -0.560. The molecule has 3 rings (SSSR count). The predicted octanol–water partition coefficient (Wildman–Crippen LogP) is 3.97. The van der Waals surface area contributed by atoms with Crippen molar-refractivity contribution in [3.05, 3.63) is 57.3 Å². The summed E-state index contributed by atoms with van der Waals surface area (Å²) in [5, 5.41) is 11.3. The number of thiazole rings is 1. The van der Waals surface area contributed by atoms with Gasteiger partial charge in [0.1, 0.15) is 15.7 Å². The topological polar surface area (TPSA) is 69.2 Å². The van der Waals surface area contributed by atoms with Gasteiger partial charge >= 0.3 is 5.88 Å². The third-order valence-electron chi connectivity index (χ3n) is 2.49. The van der Waals surface area contributed by atoms with Crippen LogP contribution in [0.1, 0.15) is 10.8 Å². The smallest absolute Gasteiger partial charge is 0.401 e. The fourth-order valence-corrected chi connectivity index (χ4v) is 2.51. The van der Waals surface area contributed by atoms with E-state index < -0.39 is 4.92 Å². The first-order chi connectivity index (χ1) is 9.22. The van der Waals surface area contributed by atoms with E-state index in [-0.39, 0.29) is 5.88 Å². The second-order valence-corrected chi connectivity index (χ2v) is 4.85. The van der Waals surface area contributed by atoms with E-state index in [0.717, 1.165) is 15.2 Å². The van der Waals surface area contributed by atoms with Crippen LogP contribution >= 0.6 is 11.3 Å². The van der Waals surface area contributed by atoms with E-state index in [1.54, 1.807) is 29.6 Å². The van der Waals surface area contributed by atoms with Gasteiger partial charge in [-0.2, -0.15) is 0 Å². The molecule has 0 unspecified atom stereocenters. The summed E-state index contributed by atoms with van der Waals surface area (Å²) >= 11 is 1.56. The van der Waals surface area contributed by atoms with Crippen LogP contribution in [0.25, 0.3) is 22.4 Å². The van der Waals surface area contributed by atoms with Crippen LogP contribution in [0.3, 0.4) is 0 Å². The molecule has 0 fully saturated rings. The molecule has 0 saturated carbocycles. The number of fused-ring (bicyclic) bond motifs is 1. The van der Waals surface area contributed by atoms with Crippen LogP contribution in [0.15, 0.2) is 40.8 Å². The van der Waals surface area contributed by atoms with Gasteiger partial charge in [-0.3, -0.25) is 10.1 Å². The number of benzene rings is 1. The van der Waals surface area contributed by atoms with E-state index in [2.05, 4.69) is 4.98 Å². The molecule has 94 valence electrons. The summed E-state index contributed by atoms with van der Waals surface area (Å²) < 4.78 is 6.14. The van der Waals surface area contributed by atoms with Crippen LogP contribution in [0.4, 0.5) is 5.88 Å². The van der Waals surface area contributed by atoms with Crippen molar-refractivity contribution < 1.29 is 9.34 Å². The molecule has 5 nitrogen and oxygen atoms in total. The molecular formula is C13H8N2O3S. The Morgan fingerprint density at radius 3 is 2.79 bits per heavy atom. The summed E-state index contributed by atoms with van der Waals surface area (Å²) in [5.41, 5.74) is 0.942. The van der Waals surface area contributed by atoms with Gasteiger partial charge < -0.3 is 4.42 Å². The highest BCUT2D eigenvalue weighted by molar-refractivity contribution is 7.19. The zero-order valence-electron chi connectivity index (χ0n) is 9.65. The molecule has 1 aromatic carbocycles. The Bertz CT molecular complexity index is 740. The number of nitrogens with zero attached hydrogens (tertiary/aromatic N) is 2. The second-order valence-electron chi connectivity index (χ2n) is 3.79. The molecule has 2 heterocycles. The summed E-state index contributed by atoms with van der Waals surface area (Å²) in [7, 11) is 0. The molecule has 0 atom stereocenters. The highest BCUT2D eigenvalue weighted by Gasteiger charge is 2.09. The highest BCUT2D eigenvalue weighted by atomic mass is 32.1. The summed E-state index contributed by atoms with van der Waals surface area (Å²) in [5.74, 6) is 0.176. The van der Waals surface area contributed by atoms with Crippen LogP contribution in [-0.4, -0.2) is 9.91 Å². The highest BCUT2D eigenvalue weighted by Crippen LogP contribution is 2.24. The number of rotatable bonds is 3. The van der Waals surface area contributed by atoms with Gasteiger partial charge in [0.15, 0.2) is 0 Å². The van der Waals surface area contributed by atoms with E-state index in [1.165, 1.54) is 6.07 Å². The summed E-state index contributed by atoms with van der Waals surface area (Å²) in [6.07, 6.45) is 3.46. The van der Waals surface area contributed by atoms with Crippen molar-refractivity contribution >= 4 is 39.6 Å². The maximum Gasteiger partial charge on any atom is 0.433 e. The number of nitro groups is 1. The van der Waals surface area contributed by atoms with Gasteiger partial charge in [0, 0.05) is 0 Å². The number of aromatic nitrogens is 1. The van der Waals surface area contributed by atoms with Crippen LogP contribution in [0.5, 0.6) is 0 Å². The first-order valence-corrected chi connectivity index (χ1v) is 6.32. The first kappa shape index (κ1) is 11.6. The zero-order chi connectivity index (χ0) is 13.2. The van der Waals surface area contributed by atoms with Crippen molar-refractivity contribution in [1.29, 1.82) is 0 Å². The van der Waals surface area contributed by atoms with Crippen molar-refractivity contribution in [3.63, 3.8) is 0 Å². The zero-order valence-corrected chi connectivity index (χ0v) is 10.5. The molecule has 0 aliphatic carbocycles. The van der Waals surface area contributed by atoms with E-state index in [4.69, 9.17) is 4.42 Å². The molecule has 0 spiro atoms. The minimum absolute atomic E-state index is 0.260. The van der Waals surface area contributed by atoms with Gasteiger partial charge in [-0.05, 0) is 30.4 Å². The lowest BCUT2D eigenvalue weighted by Gasteiger charge is -1.83. The molecule has 3 aromatic rings. The largest absolute Gasteiger partial charge is 0.433 e. The first-order valence-electron chi connectivity index (χ1n) is 5.50. The lowest BCUT2D eigenvalue weighted by Crippen LogP contribution is -1.82. The quantitative estimate of drug-likeness (QED) is 0.534. The molecule has 0 aliphatic heterocycles. The summed E-state index contributed by atoms with van der Waals surface area (Å²) in [6.45, 7) is 0. The van der Waals surface area contributed by atoms with Gasteiger partial charge in [0.2, 0.25) is 0 Å². The van der Waals surface area contributed by atoms with E-state index >= 15 is 0 Å². The standard InChI is InChI=1S/C13H8N2O3S/c16-15(17)13-8-6-9(18-13)5-7-12-14-10-3-1-2-4-11(10)19-12/h1-8H/b7-5+. The Labute approximate surface area is 112 Å². The average molecular weight is 272 g/mol. The Kier molecular flexibility index (Phi) is 2.85. The van der Waals surface area contributed by atoms with Gasteiger partial charge in [-0.25, -0.2) is 4.98 Å². The van der Waals surface area contributed by atoms with E-state index in [0.29, 0.717) is 5.76 Å². The number of para-hydroxylation sites is 1. The SMILES string of the molecule is O=[N+]([O-])c1ccc(/C=C/c2nc3ccccc3s2)o1. The van der Waals surface area contributed by atoms with Gasteiger partial charge in [0.25, 0.3) is 0 Å². The van der Waals surface area contributed by atoms with Crippen LogP contribution in [0.2, 0.25) is 0 Å². The van der Waals surface area contributed by atoms with Crippen molar-refractivity contribution in [2.24, 2.45) is 0 Å². The number of furan rings is 1. The molecule has 0 saturated heterocycles. The maximum absolute atomic E-state index is 10.5. The normalized spacial score (nSPS) is 11.4. The summed E-state index contributed by atoms with van der Waals surface area (Å²) in [4.78, 5) is 14.3. The molecule has 0 amide bonds. The van der Waals surface area contributed by atoms with Crippen molar-refractivity contribution in [3.8, 4) is 0 Å². The fraction of sp³-hybridized carbons (Fsp3) is 0. The monoisotopic (exact) mass is 272 g/mol. The van der Waals surface area contributed by atoms with E-state index in [1.807, 2.05) is 24.3 Å².